The van der Waals surface area contributed by atoms with Gasteiger partial charge < -0.3 is 14.6 Å². The lowest BCUT2D eigenvalue weighted by Crippen LogP contribution is -2.16. The van der Waals surface area contributed by atoms with Gasteiger partial charge in [-0.25, -0.2) is 0 Å². The van der Waals surface area contributed by atoms with Crippen LogP contribution in [0.15, 0.2) is 0 Å². The van der Waals surface area contributed by atoms with E-state index < -0.39 is 0 Å². The quantitative estimate of drug-likeness (QED) is 0.579. The maximum absolute atomic E-state index is 9.23. The average Bonchev–Trinajstić information content (AvgIpc) is 2.05. The number of aliphatic hydroxyl groups is 1. The highest BCUT2D eigenvalue weighted by atomic mass is 32.2. The highest BCUT2D eigenvalue weighted by Gasteiger charge is 2.01. The third kappa shape index (κ3) is 8.33. The molecule has 0 fully saturated rings. The van der Waals surface area contributed by atoms with E-state index in [1.165, 1.54) is 0 Å². The van der Waals surface area contributed by atoms with Crippen molar-refractivity contribution in [3.05, 3.63) is 0 Å². The first-order valence-corrected chi connectivity index (χ1v) is 5.20. The van der Waals surface area contributed by atoms with Crippen LogP contribution in [-0.4, -0.2) is 50.1 Å². The third-order valence-electron chi connectivity index (χ3n) is 1.31. The second kappa shape index (κ2) is 9.32. The number of hydrogen-bond donors (Lipinski definition) is 1. The first kappa shape index (κ1) is 12.2. The van der Waals surface area contributed by atoms with Crippen molar-refractivity contribution in [3.8, 4) is 0 Å². The van der Waals surface area contributed by atoms with Gasteiger partial charge in [-0.2, -0.15) is 11.8 Å². The lowest BCUT2D eigenvalue weighted by atomic mass is 10.4. The topological polar surface area (TPSA) is 38.7 Å². The standard InChI is InChI=1S/C8H18O3S/c1-10-4-3-5-12-7-8(9)6-11-2/h8-9H,3-7H2,1-2H3. The van der Waals surface area contributed by atoms with Crippen molar-refractivity contribution in [2.45, 2.75) is 12.5 Å². The molecule has 0 spiro atoms. The molecule has 0 aromatic heterocycles. The molecule has 0 heterocycles. The molecule has 12 heavy (non-hydrogen) atoms. The Morgan fingerprint density at radius 2 is 2.08 bits per heavy atom. The van der Waals surface area contributed by atoms with Gasteiger partial charge in [0.1, 0.15) is 0 Å². The number of ether oxygens (including phenoxy) is 2. The van der Waals surface area contributed by atoms with Gasteiger partial charge in [-0.15, -0.1) is 0 Å². The van der Waals surface area contributed by atoms with Gasteiger partial charge in [-0.1, -0.05) is 0 Å². The number of methoxy groups -OCH3 is 2. The molecule has 0 saturated carbocycles. The van der Waals surface area contributed by atoms with Crippen LogP contribution < -0.4 is 0 Å². The van der Waals surface area contributed by atoms with E-state index in [0.717, 1.165) is 24.5 Å². The number of aliphatic hydroxyl groups excluding tert-OH is 1. The number of thioether (sulfide) groups is 1. The second-order valence-corrected chi connectivity index (χ2v) is 3.68. The molecule has 1 unspecified atom stereocenters. The van der Waals surface area contributed by atoms with Gasteiger partial charge in [0.05, 0.1) is 12.7 Å². The van der Waals surface area contributed by atoms with Crippen molar-refractivity contribution in [2.75, 3.05) is 38.9 Å². The summed E-state index contributed by atoms with van der Waals surface area (Å²) in [5.41, 5.74) is 0. The molecule has 0 saturated heterocycles. The molecule has 74 valence electrons. The van der Waals surface area contributed by atoms with E-state index in [0.29, 0.717) is 6.61 Å². The number of hydrogen-bond acceptors (Lipinski definition) is 4. The summed E-state index contributed by atoms with van der Waals surface area (Å²) in [5.74, 6) is 1.78. The molecule has 0 aliphatic rings. The summed E-state index contributed by atoms with van der Waals surface area (Å²) in [4.78, 5) is 0. The fourth-order valence-corrected chi connectivity index (χ4v) is 1.62. The minimum Gasteiger partial charge on any atom is -0.390 e. The Hall–Kier alpha value is 0.230. The van der Waals surface area contributed by atoms with E-state index >= 15 is 0 Å². The SMILES string of the molecule is COCCCSCC(O)COC. The van der Waals surface area contributed by atoms with Crippen molar-refractivity contribution in [1.82, 2.24) is 0 Å². The maximum atomic E-state index is 9.23. The average molecular weight is 194 g/mol. The number of rotatable bonds is 8. The normalized spacial score (nSPS) is 13.2. The van der Waals surface area contributed by atoms with Gasteiger partial charge in [0.2, 0.25) is 0 Å². The largest absolute Gasteiger partial charge is 0.390 e. The van der Waals surface area contributed by atoms with Crippen molar-refractivity contribution in [3.63, 3.8) is 0 Å². The monoisotopic (exact) mass is 194 g/mol. The molecule has 0 aliphatic carbocycles. The van der Waals surface area contributed by atoms with Crippen molar-refractivity contribution in [1.29, 1.82) is 0 Å². The fourth-order valence-electron chi connectivity index (χ4n) is 0.765. The molecule has 1 atom stereocenters. The Bertz CT molecular complexity index is 90.4. The van der Waals surface area contributed by atoms with Gasteiger partial charge in [0.15, 0.2) is 0 Å². The Morgan fingerprint density at radius 1 is 1.33 bits per heavy atom. The van der Waals surface area contributed by atoms with E-state index in [9.17, 15) is 5.11 Å². The molecule has 0 aromatic carbocycles. The summed E-state index contributed by atoms with van der Waals surface area (Å²) in [6, 6.07) is 0. The van der Waals surface area contributed by atoms with Crippen molar-refractivity contribution >= 4 is 11.8 Å². The predicted octanol–water partition coefficient (Wildman–Crippen LogP) is 0.763. The lowest BCUT2D eigenvalue weighted by molar-refractivity contribution is 0.0794. The zero-order valence-corrected chi connectivity index (χ0v) is 8.60. The smallest absolute Gasteiger partial charge is 0.0863 e. The highest BCUT2D eigenvalue weighted by Crippen LogP contribution is 2.04. The van der Waals surface area contributed by atoms with Crippen LogP contribution in [0.2, 0.25) is 0 Å². The summed E-state index contributed by atoms with van der Waals surface area (Å²) >= 11 is 1.73. The van der Waals surface area contributed by atoms with Crippen LogP contribution in [0, 0.1) is 0 Å². The zero-order valence-electron chi connectivity index (χ0n) is 7.78. The minimum atomic E-state index is -0.331. The van der Waals surface area contributed by atoms with Crippen LogP contribution in [-0.2, 0) is 9.47 Å². The van der Waals surface area contributed by atoms with Gasteiger partial charge >= 0.3 is 0 Å². The van der Waals surface area contributed by atoms with Crippen LogP contribution in [0.25, 0.3) is 0 Å². The van der Waals surface area contributed by atoms with E-state index in [-0.39, 0.29) is 6.10 Å². The van der Waals surface area contributed by atoms with Crippen LogP contribution in [0.5, 0.6) is 0 Å². The summed E-state index contributed by atoms with van der Waals surface area (Å²) < 4.78 is 9.69. The maximum Gasteiger partial charge on any atom is 0.0863 e. The Kier molecular flexibility index (Phi) is 9.50. The summed E-state index contributed by atoms with van der Waals surface area (Å²) in [6.45, 7) is 1.23. The zero-order chi connectivity index (χ0) is 9.23. The van der Waals surface area contributed by atoms with Crippen LogP contribution >= 0.6 is 11.8 Å². The predicted molar refractivity (Wildman–Crippen MR) is 51.7 cm³/mol. The minimum absolute atomic E-state index is 0.331. The summed E-state index contributed by atoms with van der Waals surface area (Å²) in [5, 5.41) is 9.23. The molecule has 0 bridgehead atoms. The third-order valence-corrected chi connectivity index (χ3v) is 2.50. The molecule has 0 radical (unpaired) electrons. The van der Waals surface area contributed by atoms with Crippen LogP contribution in [0.3, 0.4) is 0 Å². The van der Waals surface area contributed by atoms with E-state index in [4.69, 9.17) is 9.47 Å². The van der Waals surface area contributed by atoms with Crippen LogP contribution in [0.4, 0.5) is 0 Å². The first-order valence-electron chi connectivity index (χ1n) is 4.05. The second-order valence-electron chi connectivity index (χ2n) is 2.53. The molecule has 4 heteroatoms. The molecule has 0 aliphatic heterocycles. The molecule has 0 amide bonds. The van der Waals surface area contributed by atoms with E-state index in [2.05, 4.69) is 0 Å². The summed E-state index contributed by atoms with van der Waals surface area (Å²) in [7, 11) is 3.29. The van der Waals surface area contributed by atoms with Crippen molar-refractivity contribution < 1.29 is 14.6 Å². The Morgan fingerprint density at radius 3 is 2.67 bits per heavy atom. The molecular weight excluding hydrogens is 176 g/mol. The van der Waals surface area contributed by atoms with Gasteiger partial charge in [-0.3, -0.25) is 0 Å². The van der Waals surface area contributed by atoms with Crippen molar-refractivity contribution in [2.24, 2.45) is 0 Å². The highest BCUT2D eigenvalue weighted by molar-refractivity contribution is 7.99. The van der Waals surface area contributed by atoms with Gasteiger partial charge in [-0.05, 0) is 12.2 Å². The van der Waals surface area contributed by atoms with Crippen LogP contribution in [0.1, 0.15) is 6.42 Å². The molecule has 0 rings (SSSR count). The van der Waals surface area contributed by atoms with E-state index in [1.54, 1.807) is 26.0 Å². The van der Waals surface area contributed by atoms with Gasteiger partial charge in [0.25, 0.3) is 0 Å². The molecular formula is C8H18O3S. The summed E-state index contributed by atoms with van der Waals surface area (Å²) in [6.07, 6.45) is 0.712. The van der Waals surface area contributed by atoms with Gasteiger partial charge in [0, 0.05) is 26.6 Å². The Balaban J connectivity index is 2.97. The fraction of sp³-hybridized carbons (Fsp3) is 1.00. The Labute approximate surface area is 78.4 Å². The molecule has 0 aromatic rings. The lowest BCUT2D eigenvalue weighted by Gasteiger charge is -2.07. The molecule has 3 nitrogen and oxygen atoms in total. The first-order chi connectivity index (χ1) is 5.81. The van der Waals surface area contributed by atoms with E-state index in [1.807, 2.05) is 0 Å². The molecule has 1 N–H and O–H groups in total.